The van der Waals surface area contributed by atoms with Crippen molar-refractivity contribution in [2.24, 2.45) is 0 Å². The second-order valence-electron chi connectivity index (χ2n) is 4.70. The van der Waals surface area contributed by atoms with Gasteiger partial charge in [-0.2, -0.15) is 0 Å². The van der Waals surface area contributed by atoms with Crippen LogP contribution in [0.25, 0.3) is 10.9 Å². The average Bonchev–Trinajstić information content (AvgIpc) is 2.95. The molecule has 21 heavy (non-hydrogen) atoms. The second-order valence-corrected chi connectivity index (χ2v) is 5.61. The van der Waals surface area contributed by atoms with Crippen LogP contribution in [0, 0.1) is 5.82 Å². The molecule has 0 saturated carbocycles. The largest absolute Gasteiger partial charge is 0.361 e. The number of hydrogen-bond donors (Lipinski definition) is 2. The van der Waals surface area contributed by atoms with E-state index in [1.807, 2.05) is 18.3 Å². The maximum Gasteiger partial charge on any atom is 0.251 e. The van der Waals surface area contributed by atoms with Gasteiger partial charge in [0.2, 0.25) is 0 Å². The lowest BCUT2D eigenvalue weighted by Crippen LogP contribution is -2.23. The highest BCUT2D eigenvalue weighted by molar-refractivity contribution is 9.10. The summed E-state index contributed by atoms with van der Waals surface area (Å²) in [5.74, 6) is -0.558. The molecule has 0 aliphatic rings. The number of nitrogens with one attached hydrogen (secondary N) is 2. The van der Waals surface area contributed by atoms with E-state index in [0.29, 0.717) is 11.1 Å². The monoisotopic (exact) mass is 346 g/mol. The van der Waals surface area contributed by atoms with E-state index in [9.17, 15) is 9.18 Å². The minimum Gasteiger partial charge on any atom is -0.361 e. The van der Waals surface area contributed by atoms with E-state index in [1.54, 1.807) is 24.3 Å². The Balaban J connectivity index is 1.75. The zero-order valence-electron chi connectivity index (χ0n) is 11.0. The van der Waals surface area contributed by atoms with Crippen LogP contribution in [0.15, 0.2) is 53.1 Å². The highest BCUT2D eigenvalue weighted by Crippen LogP contribution is 2.16. The van der Waals surface area contributed by atoms with Gasteiger partial charge in [-0.15, -0.1) is 0 Å². The third-order valence-corrected chi connectivity index (χ3v) is 3.76. The van der Waals surface area contributed by atoms with E-state index in [-0.39, 0.29) is 18.3 Å². The number of rotatable bonds is 3. The first-order valence-corrected chi connectivity index (χ1v) is 7.22. The molecular weight excluding hydrogens is 335 g/mol. The third-order valence-electron chi connectivity index (χ3n) is 3.26. The van der Waals surface area contributed by atoms with Crippen LogP contribution in [-0.2, 0) is 6.54 Å². The van der Waals surface area contributed by atoms with Crippen molar-refractivity contribution >= 4 is 32.7 Å². The first-order chi connectivity index (χ1) is 10.1. The van der Waals surface area contributed by atoms with E-state index in [1.165, 1.54) is 6.07 Å². The first kappa shape index (κ1) is 13.8. The molecule has 1 heterocycles. The number of H-pyrrole nitrogens is 1. The molecule has 1 amide bonds. The van der Waals surface area contributed by atoms with Crippen molar-refractivity contribution in [1.29, 1.82) is 0 Å². The normalized spacial score (nSPS) is 10.8. The Hall–Kier alpha value is -2.14. The van der Waals surface area contributed by atoms with Crippen molar-refractivity contribution in [2.45, 2.75) is 6.54 Å². The minimum atomic E-state index is -0.334. The van der Waals surface area contributed by atoms with Crippen molar-refractivity contribution in [3.05, 3.63) is 70.1 Å². The number of hydrogen-bond acceptors (Lipinski definition) is 1. The zero-order chi connectivity index (χ0) is 14.8. The topological polar surface area (TPSA) is 44.9 Å². The fourth-order valence-electron chi connectivity index (χ4n) is 2.15. The average molecular weight is 347 g/mol. The van der Waals surface area contributed by atoms with E-state index >= 15 is 0 Å². The molecule has 0 spiro atoms. The summed E-state index contributed by atoms with van der Waals surface area (Å²) in [6.07, 6.45) is 1.82. The van der Waals surface area contributed by atoms with Crippen molar-refractivity contribution < 1.29 is 9.18 Å². The molecule has 3 nitrogen and oxygen atoms in total. The van der Waals surface area contributed by atoms with Gasteiger partial charge in [0.05, 0.1) is 0 Å². The number of halogens is 2. The zero-order valence-corrected chi connectivity index (χ0v) is 12.6. The smallest absolute Gasteiger partial charge is 0.251 e. The second kappa shape index (κ2) is 5.69. The van der Waals surface area contributed by atoms with Crippen LogP contribution >= 0.6 is 15.9 Å². The Kier molecular flexibility index (Phi) is 3.75. The molecule has 3 rings (SSSR count). The van der Waals surface area contributed by atoms with Crippen molar-refractivity contribution in [3.63, 3.8) is 0 Å². The van der Waals surface area contributed by atoms with Crippen molar-refractivity contribution in [3.8, 4) is 0 Å². The Labute approximate surface area is 129 Å². The SMILES string of the molecule is O=C(NCc1cc(Br)ccc1F)c1ccc2[nH]ccc2c1. The lowest BCUT2D eigenvalue weighted by atomic mass is 10.1. The molecule has 0 unspecified atom stereocenters. The molecular formula is C16H12BrFN2O. The van der Waals surface area contributed by atoms with Gasteiger partial charge in [0.25, 0.3) is 5.91 Å². The number of carbonyl (C=O) groups is 1. The molecule has 1 aromatic heterocycles. The number of carbonyl (C=O) groups excluding carboxylic acids is 1. The highest BCUT2D eigenvalue weighted by Gasteiger charge is 2.09. The van der Waals surface area contributed by atoms with Crippen LogP contribution in [0.3, 0.4) is 0 Å². The molecule has 0 saturated heterocycles. The number of fused-ring (bicyclic) bond motifs is 1. The number of benzene rings is 2. The van der Waals surface area contributed by atoms with Gasteiger partial charge in [0.15, 0.2) is 0 Å². The Morgan fingerprint density at radius 3 is 2.90 bits per heavy atom. The van der Waals surface area contributed by atoms with Gasteiger partial charge in [-0.25, -0.2) is 4.39 Å². The Morgan fingerprint density at radius 2 is 2.05 bits per heavy atom. The van der Waals surface area contributed by atoms with E-state index in [0.717, 1.165) is 15.4 Å². The molecule has 3 aromatic rings. The molecule has 0 aliphatic heterocycles. The van der Waals surface area contributed by atoms with Crippen LogP contribution in [0.1, 0.15) is 15.9 Å². The molecule has 0 atom stereocenters. The molecule has 2 aromatic carbocycles. The minimum absolute atomic E-state index is 0.148. The predicted octanol–water partition coefficient (Wildman–Crippen LogP) is 4.00. The standard InChI is InChI=1S/C16H12BrFN2O/c17-13-2-3-14(18)12(8-13)9-20-16(21)11-1-4-15-10(7-11)5-6-19-15/h1-8,19H,9H2,(H,20,21). The van der Waals surface area contributed by atoms with Gasteiger partial charge >= 0.3 is 0 Å². The van der Waals surface area contributed by atoms with Crippen LogP contribution in [0.4, 0.5) is 4.39 Å². The van der Waals surface area contributed by atoms with Crippen molar-refractivity contribution in [1.82, 2.24) is 10.3 Å². The Morgan fingerprint density at radius 1 is 1.19 bits per heavy atom. The molecule has 0 aliphatic carbocycles. The fraction of sp³-hybridized carbons (Fsp3) is 0.0625. The maximum absolute atomic E-state index is 13.6. The molecule has 106 valence electrons. The van der Waals surface area contributed by atoms with Crippen LogP contribution < -0.4 is 5.32 Å². The van der Waals surface area contributed by atoms with Crippen molar-refractivity contribution in [2.75, 3.05) is 0 Å². The van der Waals surface area contributed by atoms with E-state index in [4.69, 9.17) is 0 Å². The summed E-state index contributed by atoms with van der Waals surface area (Å²) in [5, 5.41) is 3.70. The molecule has 0 fully saturated rings. The number of aromatic amines is 1. The summed E-state index contributed by atoms with van der Waals surface area (Å²) >= 11 is 3.29. The molecule has 5 heteroatoms. The summed E-state index contributed by atoms with van der Waals surface area (Å²) in [4.78, 5) is 15.2. The quantitative estimate of drug-likeness (QED) is 0.739. The maximum atomic E-state index is 13.6. The summed E-state index contributed by atoms with van der Waals surface area (Å²) in [7, 11) is 0. The highest BCUT2D eigenvalue weighted by atomic mass is 79.9. The van der Waals surface area contributed by atoms with Gasteiger partial charge in [0, 0.05) is 39.2 Å². The lowest BCUT2D eigenvalue weighted by Gasteiger charge is -2.07. The fourth-order valence-corrected chi connectivity index (χ4v) is 2.56. The summed E-state index contributed by atoms with van der Waals surface area (Å²) in [6.45, 7) is 0.148. The number of amides is 1. The van der Waals surface area contributed by atoms with Gasteiger partial charge in [0.1, 0.15) is 5.82 Å². The summed E-state index contributed by atoms with van der Waals surface area (Å²) in [6, 6.07) is 12.0. The lowest BCUT2D eigenvalue weighted by molar-refractivity contribution is 0.0950. The third kappa shape index (κ3) is 2.97. The van der Waals surface area contributed by atoms with Gasteiger partial charge in [-0.3, -0.25) is 4.79 Å². The van der Waals surface area contributed by atoms with E-state index < -0.39 is 0 Å². The van der Waals surface area contributed by atoms with E-state index in [2.05, 4.69) is 26.2 Å². The molecule has 2 N–H and O–H groups in total. The van der Waals surface area contributed by atoms with Gasteiger partial charge in [-0.1, -0.05) is 15.9 Å². The predicted molar refractivity (Wildman–Crippen MR) is 83.6 cm³/mol. The molecule has 0 bridgehead atoms. The van der Waals surface area contributed by atoms with Crippen LogP contribution in [0.2, 0.25) is 0 Å². The Bertz CT molecular complexity index is 813. The van der Waals surface area contributed by atoms with Crippen LogP contribution in [0.5, 0.6) is 0 Å². The van der Waals surface area contributed by atoms with Crippen LogP contribution in [-0.4, -0.2) is 10.9 Å². The summed E-state index contributed by atoms with van der Waals surface area (Å²) < 4.78 is 14.4. The summed E-state index contributed by atoms with van der Waals surface area (Å²) in [5.41, 5.74) is 1.97. The van der Waals surface area contributed by atoms with Gasteiger partial charge < -0.3 is 10.3 Å². The van der Waals surface area contributed by atoms with Gasteiger partial charge in [-0.05, 0) is 42.5 Å². The number of aromatic nitrogens is 1. The molecule has 0 radical (unpaired) electrons. The first-order valence-electron chi connectivity index (χ1n) is 6.43.